The van der Waals surface area contributed by atoms with Gasteiger partial charge in [-0.1, -0.05) is 12.1 Å². The monoisotopic (exact) mass is 349 g/mol. The predicted octanol–water partition coefficient (Wildman–Crippen LogP) is 1.99. The van der Waals surface area contributed by atoms with Crippen molar-refractivity contribution in [3.05, 3.63) is 30.1 Å². The van der Waals surface area contributed by atoms with Crippen molar-refractivity contribution in [1.29, 1.82) is 0 Å². The maximum Gasteiger partial charge on any atom is 0.248 e. The normalized spacial score (nSPS) is 11.7. The molecule has 0 aliphatic rings. The molecule has 0 fully saturated rings. The molecule has 0 atom stereocenters. The van der Waals surface area contributed by atoms with E-state index in [9.17, 15) is 9.59 Å². The van der Waals surface area contributed by atoms with Gasteiger partial charge in [0.25, 0.3) is 0 Å². The molecule has 3 rings (SSSR count). The minimum atomic E-state index is -0.455. The Morgan fingerprint density at radius 2 is 2.14 bits per heavy atom. The topological polar surface area (TPSA) is 111 Å². The lowest BCUT2D eigenvalue weighted by atomic mass is 10.3. The van der Waals surface area contributed by atoms with Crippen molar-refractivity contribution in [1.82, 2.24) is 14.3 Å². The number of aromatic nitrogens is 3. The summed E-state index contributed by atoms with van der Waals surface area (Å²) in [5, 5.41) is -0.254. The highest BCUT2D eigenvalue weighted by atomic mass is 32.2. The third-order valence-electron chi connectivity index (χ3n) is 2.48. The molecule has 0 unspecified atom stereocenters. The molecule has 0 saturated heterocycles. The predicted molar refractivity (Wildman–Crippen MR) is 87.4 cm³/mol. The number of nitrogens with two attached hydrogens (primary N) is 1. The number of anilines is 1. The number of nitrogens with zero attached hydrogens (tertiary/aromatic N) is 4. The third-order valence-corrected chi connectivity index (χ3v) is 5.00. The Morgan fingerprint density at radius 3 is 2.82 bits per heavy atom. The van der Waals surface area contributed by atoms with E-state index in [2.05, 4.69) is 19.3 Å². The smallest absolute Gasteiger partial charge is 0.248 e. The molecular weight excluding hydrogens is 342 g/mol. The molecule has 10 heteroatoms. The maximum absolute atomic E-state index is 12.3. The van der Waals surface area contributed by atoms with Crippen LogP contribution >= 0.6 is 34.6 Å². The summed E-state index contributed by atoms with van der Waals surface area (Å²) >= 11 is 3.20. The highest BCUT2D eigenvalue weighted by molar-refractivity contribution is 8.16. The number of rotatable bonds is 4. The van der Waals surface area contributed by atoms with Gasteiger partial charge in [-0.15, -0.1) is 11.3 Å². The van der Waals surface area contributed by atoms with Crippen molar-refractivity contribution in [3.63, 3.8) is 0 Å². The molecule has 0 spiro atoms. The molecule has 110 valence electrons. The van der Waals surface area contributed by atoms with Crippen LogP contribution in [-0.2, 0) is 9.59 Å². The van der Waals surface area contributed by atoms with Gasteiger partial charge in [-0.05, 0) is 23.9 Å². The Bertz CT molecular complexity index is 853. The van der Waals surface area contributed by atoms with Gasteiger partial charge in [0.15, 0.2) is 21.0 Å². The summed E-state index contributed by atoms with van der Waals surface area (Å²) in [5.74, 6) is 0.0493. The summed E-state index contributed by atoms with van der Waals surface area (Å²) in [6.07, 6.45) is 0.281. The molecule has 22 heavy (non-hydrogen) atoms. The van der Waals surface area contributed by atoms with E-state index in [0.29, 0.717) is 4.34 Å². The Morgan fingerprint density at radius 1 is 1.32 bits per heavy atom. The molecule has 0 radical (unpaired) electrons. The largest absolute Gasteiger partial charge is 0.374 e. The van der Waals surface area contributed by atoms with Gasteiger partial charge in [-0.2, -0.15) is 9.36 Å². The Hall–Kier alpha value is -2.17. The number of nitrogen functional groups attached to an aromatic ring is 1. The van der Waals surface area contributed by atoms with Crippen LogP contribution in [0.3, 0.4) is 0 Å². The lowest BCUT2D eigenvalue weighted by Gasteiger charge is -1.97. The van der Waals surface area contributed by atoms with Crippen LogP contribution in [0, 0.1) is 0 Å². The first-order valence-electron chi connectivity index (χ1n) is 5.86. The molecule has 2 heterocycles. The van der Waals surface area contributed by atoms with E-state index in [-0.39, 0.29) is 23.1 Å². The van der Waals surface area contributed by atoms with Gasteiger partial charge in [0.05, 0.1) is 10.2 Å². The van der Waals surface area contributed by atoms with Gasteiger partial charge < -0.3 is 5.73 Å². The zero-order chi connectivity index (χ0) is 15.5. The third kappa shape index (κ3) is 3.03. The molecule has 2 aromatic heterocycles. The molecule has 1 aromatic carbocycles. The standard InChI is InChI=1S/C12H7N5O2S3/c13-11-16-9(17-22-11)8(14-5-18)10(19)21-12-15-6-3-1-2-4-7(6)20-12/h1-5H,(H2,13,16,17)/b14-8+. The second-order valence-electron chi connectivity index (χ2n) is 3.88. The molecule has 1 amide bonds. The van der Waals surface area contributed by atoms with Crippen molar-refractivity contribution in [3.8, 4) is 0 Å². The second-order valence-corrected chi connectivity index (χ2v) is 6.91. The van der Waals surface area contributed by atoms with Gasteiger partial charge in [0.1, 0.15) is 0 Å². The summed E-state index contributed by atoms with van der Waals surface area (Å²) in [4.78, 5) is 34.7. The fourth-order valence-corrected chi connectivity index (χ4v) is 3.95. The molecule has 7 nitrogen and oxygen atoms in total. The van der Waals surface area contributed by atoms with Gasteiger partial charge in [-0.3, -0.25) is 9.59 Å². The summed E-state index contributed by atoms with van der Waals surface area (Å²) in [6.45, 7) is 0. The van der Waals surface area contributed by atoms with Crippen LogP contribution in [0.25, 0.3) is 10.2 Å². The van der Waals surface area contributed by atoms with Crippen molar-refractivity contribution in [2.45, 2.75) is 4.34 Å². The number of amides is 1. The molecule has 2 N–H and O–H groups in total. The van der Waals surface area contributed by atoms with Crippen molar-refractivity contribution >= 4 is 67.2 Å². The van der Waals surface area contributed by atoms with Crippen molar-refractivity contribution in [2.24, 2.45) is 4.99 Å². The average molecular weight is 349 g/mol. The minimum absolute atomic E-state index is 0.0493. The number of thiazole rings is 1. The molecule has 0 aliphatic heterocycles. The molecule has 0 saturated carbocycles. The number of para-hydroxylation sites is 1. The Kier molecular flexibility index (Phi) is 4.22. The average Bonchev–Trinajstić information content (AvgIpc) is 3.10. The van der Waals surface area contributed by atoms with Crippen LogP contribution in [0.5, 0.6) is 0 Å². The van der Waals surface area contributed by atoms with Gasteiger partial charge in [-0.25, -0.2) is 9.98 Å². The van der Waals surface area contributed by atoms with E-state index in [1.165, 1.54) is 11.3 Å². The SMILES string of the molecule is Nc1nc(/C(=N\C=O)C(=O)Sc2nc3ccccc3s2)ns1. The quantitative estimate of drug-likeness (QED) is 0.435. The highest BCUT2D eigenvalue weighted by Gasteiger charge is 2.21. The molecule has 3 aromatic rings. The number of aliphatic imine (C=N–C) groups is 1. The van der Waals surface area contributed by atoms with Crippen molar-refractivity contribution in [2.75, 3.05) is 5.73 Å². The number of benzene rings is 1. The molecule has 0 aliphatic carbocycles. The minimum Gasteiger partial charge on any atom is -0.374 e. The fourth-order valence-electron chi connectivity index (χ4n) is 1.61. The zero-order valence-corrected chi connectivity index (χ0v) is 13.2. The van der Waals surface area contributed by atoms with E-state index < -0.39 is 5.12 Å². The highest BCUT2D eigenvalue weighted by Crippen LogP contribution is 2.30. The lowest BCUT2D eigenvalue weighted by Crippen LogP contribution is -2.14. The van der Waals surface area contributed by atoms with Crippen LogP contribution in [0.15, 0.2) is 33.6 Å². The van der Waals surface area contributed by atoms with Crippen LogP contribution in [0.1, 0.15) is 5.82 Å². The number of carbonyl (C=O) groups excluding carboxylic acids is 2. The number of fused-ring (bicyclic) bond motifs is 1. The maximum atomic E-state index is 12.3. The Labute approximate surface area is 136 Å². The zero-order valence-electron chi connectivity index (χ0n) is 10.8. The van der Waals surface area contributed by atoms with Crippen LogP contribution in [0.4, 0.5) is 5.13 Å². The van der Waals surface area contributed by atoms with Gasteiger partial charge >= 0.3 is 0 Å². The van der Waals surface area contributed by atoms with E-state index in [0.717, 1.165) is 33.5 Å². The molecule has 0 bridgehead atoms. The summed E-state index contributed by atoms with van der Waals surface area (Å²) in [6, 6.07) is 7.56. The second kappa shape index (κ2) is 6.30. The van der Waals surface area contributed by atoms with E-state index >= 15 is 0 Å². The van der Waals surface area contributed by atoms with Gasteiger partial charge in [0.2, 0.25) is 11.5 Å². The number of carbonyl (C=O) groups is 2. The van der Waals surface area contributed by atoms with Crippen LogP contribution in [0.2, 0.25) is 0 Å². The first-order valence-corrected chi connectivity index (χ1v) is 8.27. The van der Waals surface area contributed by atoms with Gasteiger partial charge in [0, 0.05) is 11.5 Å². The summed E-state index contributed by atoms with van der Waals surface area (Å²) < 4.78 is 5.44. The Balaban J connectivity index is 1.88. The summed E-state index contributed by atoms with van der Waals surface area (Å²) in [5.41, 5.74) is 6.17. The summed E-state index contributed by atoms with van der Waals surface area (Å²) in [7, 11) is 0. The number of thioether (sulfide) groups is 1. The molecular formula is C12H7N5O2S3. The first kappa shape index (κ1) is 14.8. The van der Waals surface area contributed by atoms with E-state index in [4.69, 9.17) is 5.73 Å². The fraction of sp³-hybridized carbons (Fsp3) is 0. The van der Waals surface area contributed by atoms with Crippen LogP contribution < -0.4 is 5.73 Å². The number of hydrogen-bond donors (Lipinski definition) is 1. The van der Waals surface area contributed by atoms with E-state index in [1.54, 1.807) is 0 Å². The van der Waals surface area contributed by atoms with Crippen molar-refractivity contribution < 1.29 is 9.59 Å². The number of hydrogen-bond acceptors (Lipinski definition) is 9. The van der Waals surface area contributed by atoms with E-state index in [1.807, 2.05) is 24.3 Å². The first-order chi connectivity index (χ1) is 10.7. The van der Waals surface area contributed by atoms with Crippen LogP contribution in [-0.4, -0.2) is 31.6 Å². The lowest BCUT2D eigenvalue weighted by molar-refractivity contribution is -0.108.